The molecule has 0 amide bonds. The van der Waals surface area contributed by atoms with Gasteiger partial charge in [-0.3, -0.25) is 9.78 Å². The minimum absolute atomic E-state index is 0.208. The Bertz CT molecular complexity index is 602. The lowest BCUT2D eigenvalue weighted by atomic mass is 10.0. The smallest absolute Gasteiger partial charge is 0.168 e. The van der Waals surface area contributed by atoms with Crippen LogP contribution in [0.15, 0.2) is 12.3 Å². The SMILES string of the molecule is N#Cc1cnc(C=O)c(CC2CCS2(=O)=O)c1. The highest BCUT2D eigenvalue weighted by Crippen LogP contribution is 2.25. The second-order valence-electron chi connectivity index (χ2n) is 3.98. The molecule has 6 heteroatoms. The zero-order valence-corrected chi connectivity index (χ0v) is 9.77. The average molecular weight is 250 g/mol. The van der Waals surface area contributed by atoms with Gasteiger partial charge in [-0.2, -0.15) is 5.26 Å². The molecular weight excluding hydrogens is 240 g/mol. The van der Waals surface area contributed by atoms with Crippen molar-refractivity contribution in [3.63, 3.8) is 0 Å². The summed E-state index contributed by atoms with van der Waals surface area (Å²) in [7, 11) is -2.99. The van der Waals surface area contributed by atoms with Crippen molar-refractivity contribution in [1.82, 2.24) is 4.98 Å². The second kappa shape index (κ2) is 4.26. The summed E-state index contributed by atoms with van der Waals surface area (Å²) in [4.78, 5) is 14.6. The molecule has 1 aromatic rings. The van der Waals surface area contributed by atoms with Gasteiger partial charge in [-0.1, -0.05) is 0 Å². The Hall–Kier alpha value is -1.74. The van der Waals surface area contributed by atoms with Crippen LogP contribution in [0.2, 0.25) is 0 Å². The van der Waals surface area contributed by atoms with Crippen LogP contribution in [0.3, 0.4) is 0 Å². The quantitative estimate of drug-likeness (QED) is 0.729. The lowest BCUT2D eigenvalue weighted by Gasteiger charge is -2.26. The van der Waals surface area contributed by atoms with Gasteiger partial charge in [-0.05, 0) is 24.5 Å². The molecule has 5 nitrogen and oxygen atoms in total. The van der Waals surface area contributed by atoms with Crippen molar-refractivity contribution < 1.29 is 13.2 Å². The topological polar surface area (TPSA) is 87.9 Å². The molecule has 2 heterocycles. The first-order valence-corrected chi connectivity index (χ1v) is 6.84. The van der Waals surface area contributed by atoms with E-state index in [1.165, 1.54) is 12.3 Å². The third kappa shape index (κ3) is 2.19. The van der Waals surface area contributed by atoms with Gasteiger partial charge in [0.15, 0.2) is 16.1 Å². The first-order chi connectivity index (χ1) is 8.06. The normalized spacial score (nSPS) is 21.2. The summed E-state index contributed by atoms with van der Waals surface area (Å²) in [5, 5.41) is 8.30. The van der Waals surface area contributed by atoms with Crippen LogP contribution in [0, 0.1) is 11.3 Å². The van der Waals surface area contributed by atoms with Gasteiger partial charge in [0.05, 0.1) is 16.6 Å². The van der Waals surface area contributed by atoms with Gasteiger partial charge in [0.25, 0.3) is 0 Å². The van der Waals surface area contributed by atoms with E-state index >= 15 is 0 Å². The van der Waals surface area contributed by atoms with E-state index in [2.05, 4.69) is 4.98 Å². The Labute approximate surface area is 99.0 Å². The minimum Gasteiger partial charge on any atom is -0.296 e. The molecule has 1 aliphatic rings. The van der Waals surface area contributed by atoms with E-state index in [9.17, 15) is 13.2 Å². The van der Waals surface area contributed by atoms with E-state index < -0.39 is 15.1 Å². The lowest BCUT2D eigenvalue weighted by Crippen LogP contribution is -2.38. The lowest BCUT2D eigenvalue weighted by molar-refractivity contribution is 0.111. The van der Waals surface area contributed by atoms with E-state index in [1.807, 2.05) is 6.07 Å². The van der Waals surface area contributed by atoms with Crippen LogP contribution in [-0.2, 0) is 16.3 Å². The maximum absolute atomic E-state index is 11.4. The summed E-state index contributed by atoms with van der Waals surface area (Å²) in [5.74, 6) is 0.208. The number of hydrogen-bond donors (Lipinski definition) is 0. The molecule has 17 heavy (non-hydrogen) atoms. The molecule has 1 unspecified atom stereocenters. The monoisotopic (exact) mass is 250 g/mol. The summed E-state index contributed by atoms with van der Waals surface area (Å²) in [6.45, 7) is 0. The highest BCUT2D eigenvalue weighted by atomic mass is 32.2. The third-order valence-electron chi connectivity index (χ3n) is 2.92. The van der Waals surface area contributed by atoms with Crippen molar-refractivity contribution in [1.29, 1.82) is 5.26 Å². The average Bonchev–Trinajstić information content (AvgIpc) is 2.34. The maximum atomic E-state index is 11.4. The fraction of sp³-hybridized carbons (Fsp3) is 0.364. The number of hydrogen-bond acceptors (Lipinski definition) is 5. The van der Waals surface area contributed by atoms with E-state index in [-0.39, 0.29) is 17.9 Å². The van der Waals surface area contributed by atoms with Crippen molar-refractivity contribution in [2.24, 2.45) is 0 Å². The van der Waals surface area contributed by atoms with Crippen molar-refractivity contribution >= 4 is 16.1 Å². The number of nitrogens with zero attached hydrogens (tertiary/aromatic N) is 2. The molecule has 0 radical (unpaired) electrons. The van der Waals surface area contributed by atoms with Gasteiger partial charge in [-0.15, -0.1) is 0 Å². The van der Waals surface area contributed by atoms with Crippen LogP contribution in [0.4, 0.5) is 0 Å². The van der Waals surface area contributed by atoms with E-state index in [4.69, 9.17) is 5.26 Å². The van der Waals surface area contributed by atoms with Crippen LogP contribution in [-0.4, -0.2) is 30.7 Å². The van der Waals surface area contributed by atoms with Crippen LogP contribution in [0.1, 0.15) is 28.0 Å². The zero-order chi connectivity index (χ0) is 12.5. The number of pyridine rings is 1. The molecule has 0 spiro atoms. The van der Waals surface area contributed by atoms with Gasteiger partial charge in [0, 0.05) is 6.20 Å². The highest BCUT2D eigenvalue weighted by Gasteiger charge is 2.35. The van der Waals surface area contributed by atoms with Gasteiger partial charge in [0.2, 0.25) is 0 Å². The molecule has 2 rings (SSSR count). The second-order valence-corrected chi connectivity index (χ2v) is 6.38. The summed E-state index contributed by atoms with van der Waals surface area (Å²) in [6, 6.07) is 3.45. The first-order valence-electron chi connectivity index (χ1n) is 5.12. The Kier molecular flexibility index (Phi) is 2.94. The molecule has 0 aromatic carbocycles. The Morgan fingerprint density at radius 2 is 2.35 bits per heavy atom. The molecule has 0 saturated carbocycles. The van der Waals surface area contributed by atoms with Crippen molar-refractivity contribution in [2.45, 2.75) is 18.1 Å². The number of carbonyl (C=O) groups excluding carboxylic acids is 1. The number of nitriles is 1. The minimum atomic E-state index is -2.99. The van der Waals surface area contributed by atoms with Crippen molar-refractivity contribution in [3.8, 4) is 6.07 Å². The fourth-order valence-electron chi connectivity index (χ4n) is 1.80. The van der Waals surface area contributed by atoms with Crippen LogP contribution < -0.4 is 0 Å². The number of sulfone groups is 1. The van der Waals surface area contributed by atoms with Gasteiger partial charge in [0.1, 0.15) is 11.8 Å². The van der Waals surface area contributed by atoms with Gasteiger partial charge in [-0.25, -0.2) is 8.42 Å². The molecule has 88 valence electrons. The predicted molar refractivity (Wildman–Crippen MR) is 60.2 cm³/mol. The molecule has 1 atom stereocenters. The van der Waals surface area contributed by atoms with Gasteiger partial charge >= 0.3 is 0 Å². The first kappa shape index (κ1) is 11.7. The largest absolute Gasteiger partial charge is 0.296 e. The molecule has 1 saturated heterocycles. The summed E-state index contributed by atoms with van der Waals surface area (Å²) < 4.78 is 22.8. The fourth-order valence-corrected chi connectivity index (χ4v) is 3.19. The Morgan fingerprint density at radius 1 is 1.59 bits per heavy atom. The standard InChI is InChI=1S/C11H10N2O3S/c12-5-8-3-9(11(7-14)13-6-8)4-10-1-2-17(10,15)16/h3,6-7,10H,1-2,4H2. The molecule has 0 bridgehead atoms. The van der Waals surface area contributed by atoms with Gasteiger partial charge < -0.3 is 0 Å². The predicted octanol–water partition coefficient (Wildman–Crippen LogP) is 0.495. The Morgan fingerprint density at radius 3 is 2.82 bits per heavy atom. The van der Waals surface area contributed by atoms with Crippen LogP contribution in [0.25, 0.3) is 0 Å². The van der Waals surface area contributed by atoms with E-state index in [0.717, 1.165) is 0 Å². The van der Waals surface area contributed by atoms with E-state index in [0.29, 0.717) is 23.8 Å². The molecule has 1 fully saturated rings. The Balaban J connectivity index is 2.31. The molecule has 1 aliphatic heterocycles. The van der Waals surface area contributed by atoms with Crippen molar-refractivity contribution in [3.05, 3.63) is 29.1 Å². The third-order valence-corrected chi connectivity index (χ3v) is 5.14. The van der Waals surface area contributed by atoms with Crippen LogP contribution in [0.5, 0.6) is 0 Å². The highest BCUT2D eigenvalue weighted by molar-refractivity contribution is 7.93. The number of aromatic nitrogens is 1. The maximum Gasteiger partial charge on any atom is 0.168 e. The summed E-state index contributed by atoms with van der Waals surface area (Å²) in [5.41, 5.74) is 1.08. The van der Waals surface area contributed by atoms with Crippen molar-refractivity contribution in [2.75, 3.05) is 5.75 Å². The molecule has 0 aliphatic carbocycles. The molecule has 0 N–H and O–H groups in total. The van der Waals surface area contributed by atoms with Crippen LogP contribution >= 0.6 is 0 Å². The van der Waals surface area contributed by atoms with E-state index in [1.54, 1.807) is 0 Å². The molecule has 1 aromatic heterocycles. The number of rotatable bonds is 3. The molecular formula is C11H10N2O3S. The number of carbonyl (C=O) groups is 1. The number of aldehydes is 1. The zero-order valence-electron chi connectivity index (χ0n) is 8.96. The summed E-state index contributed by atoms with van der Waals surface area (Å²) in [6.07, 6.45) is 2.76. The summed E-state index contributed by atoms with van der Waals surface area (Å²) >= 11 is 0.